The van der Waals surface area contributed by atoms with E-state index in [9.17, 15) is 0 Å². The summed E-state index contributed by atoms with van der Waals surface area (Å²) in [6.07, 6.45) is 6.00. The highest BCUT2D eigenvalue weighted by molar-refractivity contribution is 5.27. The van der Waals surface area contributed by atoms with Gasteiger partial charge in [0.05, 0.1) is 19.1 Å². The molecule has 2 rings (SSSR count). The second-order valence-corrected chi connectivity index (χ2v) is 4.85. The molecule has 0 saturated carbocycles. The fourth-order valence-electron chi connectivity index (χ4n) is 2.13. The summed E-state index contributed by atoms with van der Waals surface area (Å²) in [6, 6.07) is 8.25. The molecule has 1 heterocycles. The summed E-state index contributed by atoms with van der Waals surface area (Å²) in [5, 5.41) is 3.41. The van der Waals surface area contributed by atoms with Crippen LogP contribution in [0.1, 0.15) is 24.6 Å². The normalized spacial score (nSPS) is 10.7. The van der Waals surface area contributed by atoms with Gasteiger partial charge in [-0.3, -0.25) is 0 Å². The number of benzene rings is 1. The maximum atomic E-state index is 5.17. The Kier molecular flexibility index (Phi) is 5.62. The number of hydrogen-bond acceptors (Lipinski definition) is 3. The average molecular weight is 273 g/mol. The van der Waals surface area contributed by atoms with Crippen LogP contribution in [0.25, 0.3) is 0 Å². The lowest BCUT2D eigenvalue weighted by atomic mass is 10.1. The van der Waals surface area contributed by atoms with Gasteiger partial charge >= 0.3 is 0 Å². The van der Waals surface area contributed by atoms with Crippen LogP contribution < -0.4 is 10.1 Å². The maximum Gasteiger partial charge on any atom is 0.118 e. The highest BCUT2D eigenvalue weighted by Crippen LogP contribution is 2.12. The third-order valence-corrected chi connectivity index (χ3v) is 3.33. The standard InChI is InChI=1S/C16H23N3O/c1-3-9-17-11-15-12-18-13-19(15)10-8-14-4-6-16(20-2)7-5-14/h4-7,12-13,17H,3,8-11H2,1-2H3. The third kappa shape index (κ3) is 4.10. The minimum Gasteiger partial charge on any atom is -0.497 e. The number of aromatic nitrogens is 2. The van der Waals surface area contributed by atoms with E-state index in [1.54, 1.807) is 7.11 Å². The van der Waals surface area contributed by atoms with Crippen LogP contribution in [0.4, 0.5) is 0 Å². The highest BCUT2D eigenvalue weighted by atomic mass is 16.5. The topological polar surface area (TPSA) is 39.1 Å². The Labute approximate surface area is 120 Å². The second-order valence-electron chi connectivity index (χ2n) is 4.85. The molecule has 1 aromatic heterocycles. The molecule has 0 aliphatic rings. The van der Waals surface area contributed by atoms with Gasteiger partial charge in [0.15, 0.2) is 0 Å². The van der Waals surface area contributed by atoms with E-state index in [1.807, 2.05) is 24.7 Å². The molecule has 0 aliphatic carbocycles. The lowest BCUT2D eigenvalue weighted by Gasteiger charge is -2.09. The van der Waals surface area contributed by atoms with Gasteiger partial charge in [0.1, 0.15) is 5.75 Å². The summed E-state index contributed by atoms with van der Waals surface area (Å²) in [4.78, 5) is 4.24. The Morgan fingerprint density at radius 3 is 2.75 bits per heavy atom. The largest absolute Gasteiger partial charge is 0.497 e. The molecule has 0 saturated heterocycles. The highest BCUT2D eigenvalue weighted by Gasteiger charge is 2.02. The first-order valence-corrected chi connectivity index (χ1v) is 7.16. The first-order chi connectivity index (χ1) is 9.83. The van der Waals surface area contributed by atoms with Gasteiger partial charge in [-0.25, -0.2) is 4.98 Å². The van der Waals surface area contributed by atoms with Crippen LogP contribution in [0.3, 0.4) is 0 Å². The molecule has 4 nitrogen and oxygen atoms in total. The molecule has 20 heavy (non-hydrogen) atoms. The summed E-state index contributed by atoms with van der Waals surface area (Å²) >= 11 is 0. The van der Waals surface area contributed by atoms with Crippen LogP contribution >= 0.6 is 0 Å². The quantitative estimate of drug-likeness (QED) is 0.752. The number of hydrogen-bond donors (Lipinski definition) is 1. The first kappa shape index (κ1) is 14.6. The van der Waals surface area contributed by atoms with E-state index in [1.165, 1.54) is 11.3 Å². The van der Waals surface area contributed by atoms with Crippen LogP contribution in [0.5, 0.6) is 5.75 Å². The molecule has 0 atom stereocenters. The number of rotatable bonds is 8. The molecule has 108 valence electrons. The minimum atomic E-state index is 0.885. The Morgan fingerprint density at radius 2 is 2.05 bits per heavy atom. The molecular weight excluding hydrogens is 250 g/mol. The van der Waals surface area contributed by atoms with E-state index in [-0.39, 0.29) is 0 Å². The summed E-state index contributed by atoms with van der Waals surface area (Å²) in [5.74, 6) is 0.904. The molecule has 0 aliphatic heterocycles. The van der Waals surface area contributed by atoms with Crippen LogP contribution in [0, 0.1) is 0 Å². The zero-order chi connectivity index (χ0) is 14.2. The summed E-state index contributed by atoms with van der Waals surface area (Å²) in [6.45, 7) is 5.06. The fourth-order valence-corrected chi connectivity index (χ4v) is 2.13. The number of methoxy groups -OCH3 is 1. The van der Waals surface area contributed by atoms with E-state index < -0.39 is 0 Å². The fraction of sp³-hybridized carbons (Fsp3) is 0.438. The smallest absolute Gasteiger partial charge is 0.118 e. The predicted molar refractivity (Wildman–Crippen MR) is 80.9 cm³/mol. The molecule has 1 N–H and O–H groups in total. The van der Waals surface area contributed by atoms with Crippen molar-refractivity contribution in [2.75, 3.05) is 13.7 Å². The number of imidazole rings is 1. The van der Waals surface area contributed by atoms with E-state index in [0.717, 1.165) is 38.2 Å². The first-order valence-electron chi connectivity index (χ1n) is 7.16. The SMILES string of the molecule is CCCNCc1cncn1CCc1ccc(OC)cc1. The zero-order valence-electron chi connectivity index (χ0n) is 12.3. The van der Waals surface area contributed by atoms with Crippen molar-refractivity contribution in [3.8, 4) is 5.75 Å². The van der Waals surface area contributed by atoms with Gasteiger partial charge in [0.25, 0.3) is 0 Å². The van der Waals surface area contributed by atoms with E-state index in [4.69, 9.17) is 4.74 Å². The number of ether oxygens (including phenoxy) is 1. The lowest BCUT2D eigenvalue weighted by Crippen LogP contribution is -2.17. The summed E-state index contributed by atoms with van der Waals surface area (Å²) in [5.41, 5.74) is 2.55. The molecule has 0 unspecified atom stereocenters. The number of nitrogens with zero attached hydrogens (tertiary/aromatic N) is 2. The van der Waals surface area contributed by atoms with Crippen molar-refractivity contribution in [3.63, 3.8) is 0 Å². The van der Waals surface area contributed by atoms with Crippen LogP contribution in [-0.2, 0) is 19.5 Å². The molecule has 0 amide bonds. The Bertz CT molecular complexity index is 505. The minimum absolute atomic E-state index is 0.885. The van der Waals surface area contributed by atoms with Crippen molar-refractivity contribution < 1.29 is 4.74 Å². The van der Waals surface area contributed by atoms with Gasteiger partial charge in [0, 0.05) is 19.3 Å². The summed E-state index contributed by atoms with van der Waals surface area (Å²) in [7, 11) is 1.69. The van der Waals surface area contributed by atoms with Gasteiger partial charge in [0.2, 0.25) is 0 Å². The zero-order valence-corrected chi connectivity index (χ0v) is 12.3. The van der Waals surface area contributed by atoms with E-state index in [0.29, 0.717) is 0 Å². The van der Waals surface area contributed by atoms with Crippen LogP contribution in [0.2, 0.25) is 0 Å². The van der Waals surface area contributed by atoms with Crippen molar-refractivity contribution >= 4 is 0 Å². The molecule has 4 heteroatoms. The summed E-state index contributed by atoms with van der Waals surface area (Å²) < 4.78 is 7.39. The molecule has 0 bridgehead atoms. The van der Waals surface area contributed by atoms with E-state index in [2.05, 4.69) is 33.9 Å². The van der Waals surface area contributed by atoms with Crippen molar-refractivity contribution in [1.29, 1.82) is 0 Å². The number of aryl methyl sites for hydroxylation is 2. The Morgan fingerprint density at radius 1 is 1.25 bits per heavy atom. The molecule has 2 aromatic rings. The van der Waals surface area contributed by atoms with E-state index >= 15 is 0 Å². The van der Waals surface area contributed by atoms with Crippen LogP contribution in [0.15, 0.2) is 36.8 Å². The second kappa shape index (κ2) is 7.70. The van der Waals surface area contributed by atoms with Gasteiger partial charge in [-0.15, -0.1) is 0 Å². The van der Waals surface area contributed by atoms with Crippen molar-refractivity contribution in [1.82, 2.24) is 14.9 Å². The molecule has 0 spiro atoms. The van der Waals surface area contributed by atoms with Crippen molar-refractivity contribution in [3.05, 3.63) is 48.0 Å². The van der Waals surface area contributed by atoms with Gasteiger partial charge in [-0.1, -0.05) is 19.1 Å². The van der Waals surface area contributed by atoms with Gasteiger partial charge in [-0.2, -0.15) is 0 Å². The lowest BCUT2D eigenvalue weighted by molar-refractivity contribution is 0.414. The molecule has 1 aromatic carbocycles. The van der Waals surface area contributed by atoms with Crippen molar-refractivity contribution in [2.24, 2.45) is 0 Å². The van der Waals surface area contributed by atoms with Crippen LogP contribution in [-0.4, -0.2) is 23.2 Å². The van der Waals surface area contributed by atoms with Gasteiger partial charge < -0.3 is 14.6 Å². The molecule has 0 fully saturated rings. The number of nitrogens with one attached hydrogen (secondary N) is 1. The van der Waals surface area contributed by atoms with Crippen molar-refractivity contribution in [2.45, 2.75) is 32.9 Å². The molecular formula is C16H23N3O. The predicted octanol–water partition coefficient (Wildman–Crippen LogP) is 2.63. The Hall–Kier alpha value is -1.81. The third-order valence-electron chi connectivity index (χ3n) is 3.33. The van der Waals surface area contributed by atoms with Gasteiger partial charge in [-0.05, 0) is 37.1 Å². The Balaban J connectivity index is 1.88. The monoisotopic (exact) mass is 273 g/mol. The average Bonchev–Trinajstić information content (AvgIpc) is 2.93. The maximum absolute atomic E-state index is 5.17. The molecule has 0 radical (unpaired) electrons.